The van der Waals surface area contributed by atoms with Crippen molar-refractivity contribution < 1.29 is 16.8 Å². The van der Waals surface area contributed by atoms with Crippen LogP contribution in [-0.4, -0.2) is 44.7 Å². The Balaban J connectivity index is 1.74. The van der Waals surface area contributed by atoms with Gasteiger partial charge in [-0.15, -0.1) is 0 Å². The number of rotatable bonds is 8. The third-order valence-electron chi connectivity index (χ3n) is 6.02. The summed E-state index contributed by atoms with van der Waals surface area (Å²) in [6, 6.07) is 22.2. The van der Waals surface area contributed by atoms with Crippen molar-refractivity contribution in [3.05, 3.63) is 101 Å². The van der Waals surface area contributed by atoms with Crippen molar-refractivity contribution in [3.63, 3.8) is 0 Å². The molecule has 0 amide bonds. The van der Waals surface area contributed by atoms with Gasteiger partial charge in [0.2, 0.25) is 10.0 Å². The van der Waals surface area contributed by atoms with Gasteiger partial charge in [0.05, 0.1) is 22.4 Å². The second kappa shape index (κ2) is 10.2. The summed E-state index contributed by atoms with van der Waals surface area (Å²) < 4.78 is 54.7. The van der Waals surface area contributed by atoms with Crippen molar-refractivity contribution in [1.29, 1.82) is 0 Å². The Morgan fingerprint density at radius 2 is 1.56 bits per heavy atom. The van der Waals surface area contributed by atoms with Crippen LogP contribution in [0.4, 0.5) is 0 Å². The molecule has 0 aromatic heterocycles. The summed E-state index contributed by atoms with van der Waals surface area (Å²) in [7, 11) is -7.50. The maximum absolute atomic E-state index is 14.0. The predicted molar refractivity (Wildman–Crippen MR) is 135 cm³/mol. The van der Waals surface area contributed by atoms with Crippen molar-refractivity contribution in [3.8, 4) is 0 Å². The smallest absolute Gasteiger partial charge is 0.244 e. The summed E-state index contributed by atoms with van der Waals surface area (Å²) in [4.78, 5) is 0.0852. The molecule has 0 spiro atoms. The van der Waals surface area contributed by atoms with E-state index in [1.165, 1.54) is 10.4 Å². The number of aryl methyl sites for hydroxylation is 1. The van der Waals surface area contributed by atoms with Crippen LogP contribution in [0.5, 0.6) is 0 Å². The lowest BCUT2D eigenvalue weighted by Crippen LogP contribution is -2.51. The fraction of sp³-hybridized carbons (Fsp3) is 0.280. The summed E-state index contributed by atoms with van der Waals surface area (Å²) in [5.41, 5.74) is 2.32. The fourth-order valence-corrected chi connectivity index (χ4v) is 8.46. The van der Waals surface area contributed by atoms with Crippen molar-refractivity contribution in [1.82, 2.24) is 9.62 Å². The van der Waals surface area contributed by atoms with Crippen LogP contribution in [0.15, 0.2) is 83.8 Å². The van der Waals surface area contributed by atoms with E-state index in [0.717, 1.165) is 11.1 Å². The van der Waals surface area contributed by atoms with Gasteiger partial charge in [-0.25, -0.2) is 16.8 Å². The molecule has 0 radical (unpaired) electrons. The van der Waals surface area contributed by atoms with Crippen LogP contribution in [0.3, 0.4) is 0 Å². The SMILES string of the molecule is Cc1ccc(Cl)cc1S(=O)(=O)N(Cc1ccccc1)[C@H]1CS(=O)(=O)C[C@@H]1NCc1ccccc1. The van der Waals surface area contributed by atoms with Crippen LogP contribution in [-0.2, 0) is 33.0 Å². The maximum Gasteiger partial charge on any atom is 0.244 e. The van der Waals surface area contributed by atoms with E-state index in [1.54, 1.807) is 19.1 Å². The molecule has 4 rings (SSSR count). The topological polar surface area (TPSA) is 83.6 Å². The third kappa shape index (κ3) is 5.70. The molecular formula is C25H27ClN2O4S2. The molecule has 2 atom stereocenters. The number of sulfonamides is 1. The molecule has 34 heavy (non-hydrogen) atoms. The van der Waals surface area contributed by atoms with Crippen LogP contribution >= 0.6 is 11.6 Å². The van der Waals surface area contributed by atoms with E-state index in [1.807, 2.05) is 60.7 Å². The minimum absolute atomic E-state index is 0.0544. The first-order chi connectivity index (χ1) is 16.2. The van der Waals surface area contributed by atoms with E-state index in [4.69, 9.17) is 11.6 Å². The fourth-order valence-electron chi connectivity index (χ4n) is 4.27. The Bertz CT molecular complexity index is 1350. The van der Waals surface area contributed by atoms with Crippen molar-refractivity contribution in [2.24, 2.45) is 0 Å². The highest BCUT2D eigenvalue weighted by Crippen LogP contribution is 2.30. The van der Waals surface area contributed by atoms with Crippen LogP contribution in [0.25, 0.3) is 0 Å². The van der Waals surface area contributed by atoms with E-state index in [0.29, 0.717) is 17.1 Å². The van der Waals surface area contributed by atoms with E-state index in [-0.39, 0.29) is 22.9 Å². The molecule has 180 valence electrons. The molecular weight excluding hydrogens is 492 g/mol. The van der Waals surface area contributed by atoms with Crippen molar-refractivity contribution in [2.45, 2.75) is 37.0 Å². The number of benzene rings is 3. The van der Waals surface area contributed by atoms with E-state index >= 15 is 0 Å². The maximum atomic E-state index is 14.0. The van der Waals surface area contributed by atoms with Crippen LogP contribution in [0.1, 0.15) is 16.7 Å². The summed E-state index contributed by atoms with van der Waals surface area (Å²) >= 11 is 6.15. The van der Waals surface area contributed by atoms with E-state index in [9.17, 15) is 16.8 Å². The molecule has 1 aliphatic rings. The summed E-state index contributed by atoms with van der Waals surface area (Å²) in [6.07, 6.45) is 0. The van der Waals surface area contributed by atoms with Gasteiger partial charge in [0.25, 0.3) is 0 Å². The highest BCUT2D eigenvalue weighted by atomic mass is 35.5. The molecule has 9 heteroatoms. The minimum atomic E-state index is -4.06. The van der Waals surface area contributed by atoms with E-state index in [2.05, 4.69) is 5.32 Å². The number of sulfone groups is 1. The summed E-state index contributed by atoms with van der Waals surface area (Å²) in [5.74, 6) is -0.370. The highest BCUT2D eigenvalue weighted by Gasteiger charge is 2.45. The molecule has 1 saturated heterocycles. The van der Waals surface area contributed by atoms with Gasteiger partial charge < -0.3 is 5.32 Å². The lowest BCUT2D eigenvalue weighted by molar-refractivity contribution is 0.286. The molecule has 1 N–H and O–H groups in total. The lowest BCUT2D eigenvalue weighted by atomic mass is 10.1. The number of hydrogen-bond donors (Lipinski definition) is 1. The largest absolute Gasteiger partial charge is 0.307 e. The lowest BCUT2D eigenvalue weighted by Gasteiger charge is -2.32. The first kappa shape index (κ1) is 24.9. The molecule has 0 bridgehead atoms. The van der Waals surface area contributed by atoms with Crippen LogP contribution in [0.2, 0.25) is 5.02 Å². The average Bonchev–Trinajstić information content (AvgIpc) is 3.12. The highest BCUT2D eigenvalue weighted by molar-refractivity contribution is 7.92. The van der Waals surface area contributed by atoms with E-state index < -0.39 is 31.9 Å². The monoisotopic (exact) mass is 518 g/mol. The number of halogens is 1. The second-order valence-corrected chi connectivity index (χ2v) is 13.0. The van der Waals surface area contributed by atoms with Crippen molar-refractivity contribution >= 4 is 31.5 Å². The number of nitrogens with zero attached hydrogens (tertiary/aromatic N) is 1. The molecule has 1 heterocycles. The molecule has 6 nitrogen and oxygen atoms in total. The Kier molecular flexibility index (Phi) is 7.45. The molecule has 1 aliphatic heterocycles. The van der Waals surface area contributed by atoms with Crippen LogP contribution < -0.4 is 5.32 Å². The first-order valence-electron chi connectivity index (χ1n) is 11.0. The normalized spacial score (nSPS) is 20.0. The second-order valence-electron chi connectivity index (χ2n) is 8.56. The molecule has 0 unspecified atom stereocenters. The zero-order valence-electron chi connectivity index (χ0n) is 18.8. The molecule has 3 aromatic carbocycles. The average molecular weight is 519 g/mol. The van der Waals surface area contributed by atoms with Gasteiger partial charge in [0.1, 0.15) is 0 Å². The van der Waals surface area contributed by atoms with Gasteiger partial charge in [-0.2, -0.15) is 4.31 Å². The van der Waals surface area contributed by atoms with Crippen molar-refractivity contribution in [2.75, 3.05) is 11.5 Å². The quantitative estimate of drug-likeness (QED) is 0.490. The predicted octanol–water partition coefficient (Wildman–Crippen LogP) is 3.79. The van der Waals surface area contributed by atoms with Crippen LogP contribution in [0, 0.1) is 6.92 Å². The summed E-state index contributed by atoms with van der Waals surface area (Å²) in [6.45, 7) is 2.20. The van der Waals surface area contributed by atoms with Gasteiger partial charge in [-0.3, -0.25) is 0 Å². The first-order valence-corrected chi connectivity index (χ1v) is 14.6. The zero-order valence-corrected chi connectivity index (χ0v) is 21.2. The number of nitrogens with one attached hydrogen (secondary N) is 1. The standard InChI is InChI=1S/C25H27ClN2O4S2/c1-19-12-13-22(26)14-25(19)34(31,32)28(16-21-10-6-3-7-11-21)24-18-33(29,30)17-23(24)27-15-20-8-4-2-5-9-20/h2-14,23-24,27H,15-18H2,1H3/t23-,24-/m0/s1. The van der Waals surface area contributed by atoms with Gasteiger partial charge in [-0.1, -0.05) is 78.3 Å². The van der Waals surface area contributed by atoms with Gasteiger partial charge in [-0.05, 0) is 35.7 Å². The zero-order chi connectivity index (χ0) is 24.3. The van der Waals surface area contributed by atoms with Gasteiger partial charge in [0.15, 0.2) is 9.84 Å². The Labute approximate surface area is 206 Å². The Hall–Kier alpha value is -2.23. The third-order valence-corrected chi connectivity index (χ3v) is 9.99. The Morgan fingerprint density at radius 1 is 0.941 bits per heavy atom. The Morgan fingerprint density at radius 3 is 2.21 bits per heavy atom. The summed E-state index contributed by atoms with van der Waals surface area (Å²) in [5, 5.41) is 3.62. The number of hydrogen-bond acceptors (Lipinski definition) is 5. The van der Waals surface area contributed by atoms with Gasteiger partial charge in [0, 0.05) is 24.2 Å². The molecule has 0 saturated carbocycles. The molecule has 3 aromatic rings. The minimum Gasteiger partial charge on any atom is -0.307 e. The molecule has 0 aliphatic carbocycles. The molecule has 1 fully saturated rings. The van der Waals surface area contributed by atoms with Gasteiger partial charge >= 0.3 is 0 Å².